The molecule has 3 aliphatic rings. The highest BCUT2D eigenvalue weighted by Crippen LogP contribution is 2.26. The summed E-state index contributed by atoms with van der Waals surface area (Å²) in [6.45, 7) is 7.17. The molecule has 29 heavy (non-hydrogen) atoms. The van der Waals surface area contributed by atoms with Crippen LogP contribution < -0.4 is 0 Å². The molecule has 7 heteroatoms. The monoisotopic (exact) mass is 399 g/mol. The van der Waals surface area contributed by atoms with Crippen LogP contribution in [0.25, 0.3) is 0 Å². The first kappa shape index (κ1) is 20.3. The molecule has 4 heterocycles. The molecule has 7 nitrogen and oxygen atoms in total. The molecule has 2 amide bonds. The van der Waals surface area contributed by atoms with E-state index in [0.717, 1.165) is 78.0 Å². The second kappa shape index (κ2) is 9.22. The SMILES string of the molecule is CN1CCN(C(=O)[C@@H]2CCCN(C3CCN(C(=O)c4ccccn4)CC3)C2)CC1. The summed E-state index contributed by atoms with van der Waals surface area (Å²) in [5.74, 6) is 0.525. The Morgan fingerprint density at radius 2 is 1.69 bits per heavy atom. The molecule has 1 atom stereocenters. The molecule has 0 saturated carbocycles. The zero-order chi connectivity index (χ0) is 20.2. The van der Waals surface area contributed by atoms with E-state index in [1.807, 2.05) is 17.0 Å². The van der Waals surface area contributed by atoms with E-state index < -0.39 is 0 Å². The third kappa shape index (κ3) is 4.78. The molecule has 0 aliphatic carbocycles. The molecule has 0 spiro atoms. The maximum absolute atomic E-state index is 13.0. The van der Waals surface area contributed by atoms with Gasteiger partial charge in [-0.05, 0) is 51.4 Å². The van der Waals surface area contributed by atoms with E-state index in [9.17, 15) is 9.59 Å². The smallest absolute Gasteiger partial charge is 0.272 e. The standard InChI is InChI=1S/C22H33N5O2/c1-24-13-15-26(16-14-24)21(28)18-5-4-10-27(17-18)19-7-11-25(12-8-19)22(29)20-6-2-3-9-23-20/h2-3,6,9,18-19H,4-5,7-8,10-17H2,1H3/t18-/m1/s1. The Balaban J connectivity index is 1.28. The van der Waals surface area contributed by atoms with Gasteiger partial charge in [0.15, 0.2) is 0 Å². The molecule has 3 fully saturated rings. The zero-order valence-corrected chi connectivity index (χ0v) is 17.5. The first-order valence-electron chi connectivity index (χ1n) is 11.0. The van der Waals surface area contributed by atoms with Gasteiger partial charge in [0.1, 0.15) is 5.69 Å². The van der Waals surface area contributed by atoms with Crippen LogP contribution in [-0.2, 0) is 4.79 Å². The van der Waals surface area contributed by atoms with Crippen molar-refractivity contribution in [3.05, 3.63) is 30.1 Å². The lowest BCUT2D eigenvalue weighted by Crippen LogP contribution is -2.54. The van der Waals surface area contributed by atoms with E-state index in [-0.39, 0.29) is 11.8 Å². The van der Waals surface area contributed by atoms with Crippen molar-refractivity contribution in [1.82, 2.24) is 24.6 Å². The normalized spacial score (nSPS) is 25.2. The fourth-order valence-electron chi connectivity index (χ4n) is 4.91. The number of amides is 2. The van der Waals surface area contributed by atoms with Gasteiger partial charge in [-0.25, -0.2) is 0 Å². The molecule has 1 aromatic heterocycles. The maximum Gasteiger partial charge on any atom is 0.272 e. The lowest BCUT2D eigenvalue weighted by molar-refractivity contribution is -0.139. The van der Waals surface area contributed by atoms with Crippen LogP contribution in [0.15, 0.2) is 24.4 Å². The minimum Gasteiger partial charge on any atom is -0.340 e. The number of hydrogen-bond donors (Lipinski definition) is 0. The van der Waals surface area contributed by atoms with E-state index in [4.69, 9.17) is 0 Å². The van der Waals surface area contributed by atoms with E-state index in [2.05, 4.69) is 26.7 Å². The average molecular weight is 400 g/mol. The summed E-state index contributed by atoms with van der Waals surface area (Å²) in [6.07, 6.45) is 5.74. The molecule has 4 rings (SSSR count). The lowest BCUT2D eigenvalue weighted by atomic mass is 9.92. The molecule has 3 aliphatic heterocycles. The predicted molar refractivity (Wildman–Crippen MR) is 112 cm³/mol. The number of carbonyl (C=O) groups excluding carboxylic acids is 2. The van der Waals surface area contributed by atoms with Crippen molar-refractivity contribution < 1.29 is 9.59 Å². The highest BCUT2D eigenvalue weighted by atomic mass is 16.2. The number of piperidine rings is 2. The molecule has 158 valence electrons. The van der Waals surface area contributed by atoms with Gasteiger partial charge in [-0.3, -0.25) is 19.5 Å². The molecule has 3 saturated heterocycles. The van der Waals surface area contributed by atoms with E-state index >= 15 is 0 Å². The maximum atomic E-state index is 13.0. The van der Waals surface area contributed by atoms with Gasteiger partial charge in [-0.2, -0.15) is 0 Å². The number of pyridine rings is 1. The molecule has 0 bridgehead atoms. The van der Waals surface area contributed by atoms with Crippen LogP contribution in [0.2, 0.25) is 0 Å². The van der Waals surface area contributed by atoms with E-state index in [1.165, 1.54) is 0 Å². The molecule has 1 aromatic rings. The summed E-state index contributed by atoms with van der Waals surface area (Å²) in [4.78, 5) is 38.6. The van der Waals surface area contributed by atoms with Gasteiger partial charge in [0.25, 0.3) is 5.91 Å². The summed E-state index contributed by atoms with van der Waals surface area (Å²) in [5, 5.41) is 0. The Labute approximate surface area is 173 Å². The van der Waals surface area contributed by atoms with Gasteiger partial charge in [0.2, 0.25) is 5.91 Å². The number of likely N-dealkylation sites (tertiary alicyclic amines) is 2. The number of piperazine rings is 1. The largest absolute Gasteiger partial charge is 0.340 e. The minimum atomic E-state index is 0.0332. The Hall–Kier alpha value is -1.99. The summed E-state index contributed by atoms with van der Waals surface area (Å²) < 4.78 is 0. The lowest BCUT2D eigenvalue weighted by Gasteiger charge is -2.43. The van der Waals surface area contributed by atoms with Crippen LogP contribution >= 0.6 is 0 Å². The van der Waals surface area contributed by atoms with Crippen LogP contribution in [-0.4, -0.2) is 102 Å². The second-order valence-electron chi connectivity index (χ2n) is 8.70. The van der Waals surface area contributed by atoms with Crippen molar-refractivity contribution in [2.75, 3.05) is 59.4 Å². The Morgan fingerprint density at radius 3 is 2.38 bits per heavy atom. The molecular formula is C22H33N5O2. The van der Waals surface area contributed by atoms with Gasteiger partial charge >= 0.3 is 0 Å². The number of aromatic nitrogens is 1. The molecule has 0 aromatic carbocycles. The van der Waals surface area contributed by atoms with Gasteiger partial charge in [0.05, 0.1) is 5.92 Å². The highest BCUT2D eigenvalue weighted by molar-refractivity contribution is 5.92. The Kier molecular flexibility index (Phi) is 6.45. The van der Waals surface area contributed by atoms with Crippen molar-refractivity contribution in [3.8, 4) is 0 Å². The number of hydrogen-bond acceptors (Lipinski definition) is 5. The third-order valence-corrected chi connectivity index (χ3v) is 6.77. The summed E-state index contributed by atoms with van der Waals surface area (Å²) >= 11 is 0. The predicted octanol–water partition coefficient (Wildman–Crippen LogP) is 1.17. The van der Waals surface area contributed by atoms with Crippen LogP contribution in [0.5, 0.6) is 0 Å². The summed E-state index contributed by atoms with van der Waals surface area (Å²) in [7, 11) is 2.12. The number of likely N-dealkylation sites (N-methyl/N-ethyl adjacent to an activating group) is 1. The van der Waals surface area contributed by atoms with Crippen molar-refractivity contribution in [1.29, 1.82) is 0 Å². The van der Waals surface area contributed by atoms with Crippen LogP contribution in [0, 0.1) is 5.92 Å². The van der Waals surface area contributed by atoms with Crippen molar-refractivity contribution >= 4 is 11.8 Å². The minimum absolute atomic E-state index is 0.0332. The molecule has 0 radical (unpaired) electrons. The first-order valence-corrected chi connectivity index (χ1v) is 11.0. The summed E-state index contributed by atoms with van der Waals surface area (Å²) in [6, 6.07) is 5.95. The van der Waals surface area contributed by atoms with Crippen molar-refractivity contribution in [3.63, 3.8) is 0 Å². The topological polar surface area (TPSA) is 60.0 Å². The van der Waals surface area contributed by atoms with Crippen molar-refractivity contribution in [2.45, 2.75) is 31.7 Å². The number of nitrogens with zero attached hydrogens (tertiary/aromatic N) is 5. The van der Waals surface area contributed by atoms with E-state index in [0.29, 0.717) is 17.6 Å². The van der Waals surface area contributed by atoms with Crippen LogP contribution in [0.3, 0.4) is 0 Å². The quantitative estimate of drug-likeness (QED) is 0.764. The van der Waals surface area contributed by atoms with E-state index in [1.54, 1.807) is 12.3 Å². The molecular weight excluding hydrogens is 366 g/mol. The number of carbonyl (C=O) groups is 2. The number of rotatable bonds is 3. The fraction of sp³-hybridized carbons (Fsp3) is 0.682. The van der Waals surface area contributed by atoms with Crippen LogP contribution in [0.1, 0.15) is 36.2 Å². The molecule has 0 N–H and O–H groups in total. The van der Waals surface area contributed by atoms with Gasteiger partial charge < -0.3 is 14.7 Å². The average Bonchev–Trinajstić information content (AvgIpc) is 2.79. The van der Waals surface area contributed by atoms with Gasteiger partial charge in [0, 0.05) is 58.1 Å². The molecule has 0 unspecified atom stereocenters. The Bertz CT molecular complexity index is 696. The van der Waals surface area contributed by atoms with Gasteiger partial charge in [-0.15, -0.1) is 0 Å². The van der Waals surface area contributed by atoms with Gasteiger partial charge in [-0.1, -0.05) is 6.07 Å². The summed E-state index contributed by atoms with van der Waals surface area (Å²) in [5.41, 5.74) is 0.529. The van der Waals surface area contributed by atoms with Crippen LogP contribution in [0.4, 0.5) is 0 Å². The Morgan fingerprint density at radius 1 is 0.931 bits per heavy atom. The van der Waals surface area contributed by atoms with Crippen molar-refractivity contribution in [2.24, 2.45) is 5.92 Å². The third-order valence-electron chi connectivity index (χ3n) is 6.77. The first-order chi connectivity index (χ1) is 14.1. The zero-order valence-electron chi connectivity index (χ0n) is 17.5. The second-order valence-corrected chi connectivity index (χ2v) is 8.70. The highest BCUT2D eigenvalue weighted by Gasteiger charge is 2.34. The fourth-order valence-corrected chi connectivity index (χ4v) is 4.91.